The zero-order valence-corrected chi connectivity index (χ0v) is 23.7. The van der Waals surface area contributed by atoms with E-state index in [1.165, 1.54) is 21.6 Å². The van der Waals surface area contributed by atoms with Crippen LogP contribution in [-0.4, -0.2) is 19.9 Å². The van der Waals surface area contributed by atoms with Crippen LogP contribution in [0.5, 0.6) is 0 Å². The van der Waals surface area contributed by atoms with Gasteiger partial charge in [-0.2, -0.15) is 10.5 Å². The van der Waals surface area contributed by atoms with Crippen LogP contribution in [-0.2, 0) is 0 Å². The highest BCUT2D eigenvalue weighted by atomic mass is 33.1. The van der Waals surface area contributed by atoms with Gasteiger partial charge in [-0.25, -0.2) is 19.9 Å². The van der Waals surface area contributed by atoms with Crippen LogP contribution in [0.3, 0.4) is 0 Å². The van der Waals surface area contributed by atoms with Crippen LogP contribution < -0.4 is 0 Å². The fraction of sp³-hybridized carbons (Fsp3) is 0. The molecular formula is C34H20N6S2. The van der Waals surface area contributed by atoms with Gasteiger partial charge in [-0.15, -0.1) is 0 Å². The molecule has 6 aromatic rings. The van der Waals surface area contributed by atoms with Crippen molar-refractivity contribution < 1.29 is 0 Å². The molecule has 6 rings (SSSR count). The normalized spacial score (nSPS) is 10.5. The molecule has 0 aliphatic carbocycles. The fourth-order valence-corrected chi connectivity index (χ4v) is 6.38. The molecule has 0 amide bonds. The summed E-state index contributed by atoms with van der Waals surface area (Å²) in [7, 11) is 2.56. The van der Waals surface area contributed by atoms with E-state index in [1.807, 2.05) is 121 Å². The number of benzene rings is 4. The molecule has 42 heavy (non-hydrogen) atoms. The average molecular weight is 577 g/mol. The first-order chi connectivity index (χ1) is 20.7. The molecule has 0 saturated heterocycles. The molecule has 4 aromatic carbocycles. The second-order valence-electron chi connectivity index (χ2n) is 9.01. The molecule has 0 unspecified atom stereocenters. The van der Waals surface area contributed by atoms with Crippen LogP contribution in [0.25, 0.3) is 45.3 Å². The molecule has 6 nitrogen and oxygen atoms in total. The Kier molecular flexibility index (Phi) is 8.00. The summed E-state index contributed by atoms with van der Waals surface area (Å²) in [6, 6.07) is 43.2. The number of hydrogen-bond donors (Lipinski definition) is 0. The first kappa shape index (κ1) is 26.9. The summed E-state index contributed by atoms with van der Waals surface area (Å²) >= 11 is 0. The van der Waals surface area contributed by atoms with Gasteiger partial charge < -0.3 is 0 Å². The molecule has 2 aromatic heterocycles. The van der Waals surface area contributed by atoms with Crippen LogP contribution in [0.4, 0.5) is 0 Å². The number of nitriles is 2. The molecule has 0 N–H and O–H groups in total. The summed E-state index contributed by atoms with van der Waals surface area (Å²) < 4.78 is 0. The van der Waals surface area contributed by atoms with E-state index < -0.39 is 0 Å². The third kappa shape index (κ3) is 5.63. The van der Waals surface area contributed by atoms with Crippen LogP contribution in [0.2, 0.25) is 0 Å². The van der Waals surface area contributed by atoms with Crippen molar-refractivity contribution >= 4 is 21.6 Å². The Balaban J connectivity index is 1.48. The lowest BCUT2D eigenvalue weighted by molar-refractivity contribution is 1.04. The first-order valence-corrected chi connectivity index (χ1v) is 15.1. The van der Waals surface area contributed by atoms with Crippen molar-refractivity contribution in [2.75, 3.05) is 0 Å². The largest absolute Gasteiger partial charge is 0.227 e. The van der Waals surface area contributed by atoms with Crippen LogP contribution >= 0.6 is 21.6 Å². The summed E-state index contributed by atoms with van der Waals surface area (Å²) in [6.07, 6.45) is 0. The number of hydrogen-bond acceptors (Lipinski definition) is 8. The molecule has 0 bridgehead atoms. The van der Waals surface area contributed by atoms with Crippen molar-refractivity contribution in [1.82, 2.24) is 19.9 Å². The standard InChI is InChI=1S/C34H20N6S2/c35-21-27-29(23-13-5-1-6-14-23)37-31(25-17-9-3-10-18-25)39-33(27)41-42-34-28(22-36)30(24-15-7-2-8-16-24)38-32(40-34)26-19-11-4-12-20-26/h1-20H. The minimum absolute atomic E-state index is 0.359. The second kappa shape index (κ2) is 12.5. The first-order valence-electron chi connectivity index (χ1n) is 13.0. The van der Waals surface area contributed by atoms with Crippen molar-refractivity contribution in [2.24, 2.45) is 0 Å². The van der Waals surface area contributed by atoms with E-state index in [0.717, 1.165) is 22.3 Å². The van der Waals surface area contributed by atoms with E-state index in [1.54, 1.807) is 0 Å². The lowest BCUT2D eigenvalue weighted by atomic mass is 10.1. The molecule has 0 radical (unpaired) electrons. The van der Waals surface area contributed by atoms with Gasteiger partial charge in [0, 0.05) is 22.3 Å². The zero-order chi connectivity index (χ0) is 28.7. The zero-order valence-electron chi connectivity index (χ0n) is 22.0. The Bertz CT molecular complexity index is 1790. The SMILES string of the molecule is N#Cc1c(SSc2nc(-c3ccccc3)nc(-c3ccccc3)c2C#N)nc(-c2ccccc2)nc1-c1ccccc1. The van der Waals surface area contributed by atoms with Gasteiger partial charge in [0.1, 0.15) is 33.3 Å². The van der Waals surface area contributed by atoms with Crippen LogP contribution in [0.1, 0.15) is 11.1 Å². The third-order valence-corrected chi connectivity index (χ3v) is 8.52. The van der Waals surface area contributed by atoms with E-state index in [0.29, 0.717) is 44.2 Å². The lowest BCUT2D eigenvalue weighted by Crippen LogP contribution is -2.01. The van der Waals surface area contributed by atoms with Crippen molar-refractivity contribution in [3.8, 4) is 57.4 Å². The topological polar surface area (TPSA) is 99.1 Å². The highest BCUT2D eigenvalue weighted by Crippen LogP contribution is 2.43. The molecule has 0 saturated carbocycles. The van der Waals surface area contributed by atoms with Crippen molar-refractivity contribution in [3.63, 3.8) is 0 Å². The van der Waals surface area contributed by atoms with Crippen molar-refractivity contribution in [3.05, 3.63) is 132 Å². The van der Waals surface area contributed by atoms with E-state index in [-0.39, 0.29) is 0 Å². The maximum Gasteiger partial charge on any atom is 0.161 e. The Morgan fingerprint density at radius 2 is 0.714 bits per heavy atom. The monoisotopic (exact) mass is 576 g/mol. The molecule has 198 valence electrons. The van der Waals surface area contributed by atoms with E-state index in [2.05, 4.69) is 12.1 Å². The minimum Gasteiger partial charge on any atom is -0.227 e. The summed E-state index contributed by atoms with van der Waals surface area (Å²) in [5.41, 5.74) is 5.12. The molecule has 8 heteroatoms. The summed E-state index contributed by atoms with van der Waals surface area (Å²) in [4.78, 5) is 19.2. The molecule has 0 aliphatic rings. The summed E-state index contributed by atoms with van der Waals surface area (Å²) in [5, 5.41) is 21.5. The molecular weight excluding hydrogens is 557 g/mol. The fourth-order valence-electron chi connectivity index (χ4n) is 4.32. The second-order valence-corrected chi connectivity index (χ2v) is 11.1. The van der Waals surface area contributed by atoms with E-state index in [9.17, 15) is 10.5 Å². The van der Waals surface area contributed by atoms with Gasteiger partial charge in [-0.1, -0.05) is 121 Å². The predicted octanol–water partition coefficient (Wildman–Crippen LogP) is 8.48. The smallest absolute Gasteiger partial charge is 0.161 e. The van der Waals surface area contributed by atoms with Crippen LogP contribution in [0, 0.1) is 22.7 Å². The van der Waals surface area contributed by atoms with E-state index in [4.69, 9.17) is 19.9 Å². The number of aromatic nitrogens is 4. The highest BCUT2D eigenvalue weighted by molar-refractivity contribution is 8.76. The Hall–Kier alpha value is -5.28. The minimum atomic E-state index is 0.359. The quantitative estimate of drug-likeness (QED) is 0.138. The van der Waals surface area contributed by atoms with Gasteiger partial charge in [0.05, 0.1) is 11.4 Å². The van der Waals surface area contributed by atoms with Gasteiger partial charge in [-0.05, 0) is 21.6 Å². The van der Waals surface area contributed by atoms with Crippen LogP contribution in [0.15, 0.2) is 131 Å². The van der Waals surface area contributed by atoms with Gasteiger partial charge in [0.25, 0.3) is 0 Å². The van der Waals surface area contributed by atoms with Gasteiger partial charge >= 0.3 is 0 Å². The Labute approximate surface area is 251 Å². The maximum atomic E-state index is 10.3. The lowest BCUT2D eigenvalue weighted by Gasteiger charge is -2.13. The van der Waals surface area contributed by atoms with Gasteiger partial charge in [0.2, 0.25) is 0 Å². The number of nitrogens with zero attached hydrogens (tertiary/aromatic N) is 6. The molecule has 0 spiro atoms. The van der Waals surface area contributed by atoms with Crippen molar-refractivity contribution in [2.45, 2.75) is 10.1 Å². The molecule has 0 atom stereocenters. The maximum absolute atomic E-state index is 10.3. The summed E-state index contributed by atoms with van der Waals surface area (Å²) in [5.74, 6) is 1.02. The molecule has 0 aliphatic heterocycles. The molecule has 2 heterocycles. The Morgan fingerprint density at radius 1 is 0.405 bits per heavy atom. The van der Waals surface area contributed by atoms with Crippen molar-refractivity contribution in [1.29, 1.82) is 10.5 Å². The van der Waals surface area contributed by atoms with E-state index >= 15 is 0 Å². The number of rotatable bonds is 7. The van der Waals surface area contributed by atoms with Gasteiger partial charge in [-0.3, -0.25) is 0 Å². The predicted molar refractivity (Wildman–Crippen MR) is 167 cm³/mol. The summed E-state index contributed by atoms with van der Waals surface area (Å²) in [6.45, 7) is 0. The average Bonchev–Trinajstić information content (AvgIpc) is 3.08. The third-order valence-electron chi connectivity index (χ3n) is 6.33. The molecule has 0 fully saturated rings. The Morgan fingerprint density at radius 3 is 1.02 bits per heavy atom. The van der Waals surface area contributed by atoms with Gasteiger partial charge in [0.15, 0.2) is 11.6 Å². The highest BCUT2D eigenvalue weighted by Gasteiger charge is 2.22.